The average molecular weight is 1340 g/mol. The first-order valence-electron chi connectivity index (χ1n) is 40.2. The summed E-state index contributed by atoms with van der Waals surface area (Å²) >= 11 is 0. The highest BCUT2D eigenvalue weighted by Gasteiger charge is 2.41. The van der Waals surface area contributed by atoms with Gasteiger partial charge < -0.3 is 16.0 Å². The van der Waals surface area contributed by atoms with Gasteiger partial charge >= 0.3 is 0 Å². The van der Waals surface area contributed by atoms with Crippen LogP contribution in [-0.2, 0) is 0 Å². The largest absolute Gasteiger partial charge is 0.313 e. The molecule has 95 heavy (non-hydrogen) atoms. The fourth-order valence-corrected chi connectivity index (χ4v) is 15.7. The van der Waals surface area contributed by atoms with E-state index < -0.39 is 0 Å². The van der Waals surface area contributed by atoms with Gasteiger partial charge in [-0.2, -0.15) is 0 Å². The Hall–Kier alpha value is -0.280. The standard InChI is InChI=1S/4C13H27N.3C12H25N/c2*1-12(2,3)11-7-9-14(10-8-11)13(4,5)6;2*1-12(2,3)10-7-8-11(14-9-10)13(4,5)6;1-11(2,3)9-7-10(13-8-9)12(4,5)6;2*1-11(2,3)10-7-8-13(9-10)12(4,5)6/h2*11H,7-10H2,1-6H3;2*10-11,14H,7-9H2,1-6H3;9-10,13H,7-8H2,1-6H3;2*10H,7-9H2,1-6H3. The van der Waals surface area contributed by atoms with Crippen LogP contribution < -0.4 is 16.0 Å². The van der Waals surface area contributed by atoms with Gasteiger partial charge in [0.15, 0.2) is 0 Å². The molecule has 7 aliphatic heterocycles. The monoisotopic (exact) mass is 1340 g/mol. The quantitative estimate of drug-likeness (QED) is 0.223. The fourth-order valence-electron chi connectivity index (χ4n) is 15.7. The molecule has 570 valence electrons. The molecule has 0 saturated carbocycles. The Balaban J connectivity index is 0.000000554. The maximum Gasteiger partial charge on any atom is 0.0125 e. The van der Waals surface area contributed by atoms with Crippen LogP contribution in [-0.4, -0.2) is 132 Å². The normalized spacial score (nSPS) is 27.2. The van der Waals surface area contributed by atoms with Gasteiger partial charge in [0.1, 0.15) is 0 Å². The molecule has 0 radical (unpaired) electrons. The van der Waals surface area contributed by atoms with Gasteiger partial charge in [0, 0.05) is 53.4 Å². The number of nitrogens with zero attached hydrogens (tertiary/aromatic N) is 4. The molecule has 8 atom stereocenters. The first kappa shape index (κ1) is 92.7. The minimum Gasteiger partial charge on any atom is -0.313 e. The lowest BCUT2D eigenvalue weighted by atomic mass is 9.72. The van der Waals surface area contributed by atoms with Gasteiger partial charge in [-0.15, -0.1) is 0 Å². The molecule has 7 heterocycles. The van der Waals surface area contributed by atoms with Gasteiger partial charge in [0.05, 0.1) is 0 Å². The second kappa shape index (κ2) is 35.5. The second-order valence-electron chi connectivity index (χ2n) is 47.1. The summed E-state index contributed by atoms with van der Waals surface area (Å²) in [7, 11) is 0. The molecule has 7 fully saturated rings. The summed E-state index contributed by atoms with van der Waals surface area (Å²) in [5.41, 5.74) is 6.09. The SMILES string of the molecule is CC(C)(C)C1CCC(C(C)(C)C)NC1.CC(C)(C)C1CCC(C(C)(C)C)NC1.CC(C)(C)C1CCN(C(C)(C)C)C1.CC(C)(C)C1CCN(C(C)(C)C)C1.CC(C)(C)C1CCN(C(C)(C)C)CC1.CC(C)(C)C1CCN(C(C)(C)C)CC1.CC(C)(C)C1CNC(C(C)(C)C)C1. The van der Waals surface area contributed by atoms with Gasteiger partial charge in [-0.1, -0.05) is 208 Å². The molecular formula is C88H183N7. The lowest BCUT2D eigenvalue weighted by Crippen LogP contribution is -2.48. The van der Waals surface area contributed by atoms with Crippen LogP contribution in [0.1, 0.15) is 361 Å². The first-order valence-corrected chi connectivity index (χ1v) is 40.2. The maximum atomic E-state index is 3.72. The van der Waals surface area contributed by atoms with Crippen LogP contribution in [0.15, 0.2) is 0 Å². The molecule has 7 nitrogen and oxygen atoms in total. The molecule has 8 unspecified atom stereocenters. The van der Waals surface area contributed by atoms with E-state index in [4.69, 9.17) is 0 Å². The highest BCUT2D eigenvalue weighted by molar-refractivity contribution is 4.96. The van der Waals surface area contributed by atoms with Crippen LogP contribution in [0.25, 0.3) is 0 Å². The van der Waals surface area contributed by atoms with Gasteiger partial charge in [0.25, 0.3) is 0 Å². The third kappa shape index (κ3) is 34.7. The van der Waals surface area contributed by atoms with Gasteiger partial charge in [0.2, 0.25) is 0 Å². The number of hydrogen-bond donors (Lipinski definition) is 3. The van der Waals surface area contributed by atoms with E-state index >= 15 is 0 Å². The van der Waals surface area contributed by atoms with E-state index in [-0.39, 0.29) is 0 Å². The molecule has 7 heteroatoms. The molecule has 0 spiro atoms. The maximum absolute atomic E-state index is 3.72. The van der Waals surface area contributed by atoms with Crippen LogP contribution in [0.5, 0.6) is 0 Å². The lowest BCUT2D eigenvalue weighted by Gasteiger charge is -2.44. The van der Waals surface area contributed by atoms with Gasteiger partial charge in [-0.05, 0) is 308 Å². The summed E-state index contributed by atoms with van der Waals surface area (Å²) in [6, 6.07) is 2.12. The van der Waals surface area contributed by atoms with E-state index in [2.05, 4.69) is 326 Å². The van der Waals surface area contributed by atoms with Crippen molar-refractivity contribution in [1.29, 1.82) is 0 Å². The van der Waals surface area contributed by atoms with Crippen LogP contribution in [0.3, 0.4) is 0 Å². The zero-order valence-electron chi connectivity index (χ0n) is 73.6. The van der Waals surface area contributed by atoms with E-state index in [1.165, 1.54) is 143 Å². The number of likely N-dealkylation sites (tertiary alicyclic amines) is 4. The van der Waals surface area contributed by atoms with E-state index in [1.54, 1.807) is 0 Å². The first-order chi connectivity index (χ1) is 42.0. The molecule has 7 rings (SSSR count). The average Bonchev–Trinajstić information content (AvgIpc) is 1.78. The van der Waals surface area contributed by atoms with Gasteiger partial charge in [-0.25, -0.2) is 0 Å². The van der Waals surface area contributed by atoms with Gasteiger partial charge in [-0.3, -0.25) is 19.6 Å². The molecular weight excluding hydrogens is 1160 g/mol. The fraction of sp³-hybridized carbons (Fsp3) is 1.00. The van der Waals surface area contributed by atoms with Crippen molar-refractivity contribution < 1.29 is 0 Å². The summed E-state index contributed by atoms with van der Waals surface area (Å²) in [6.07, 6.45) is 15.0. The topological polar surface area (TPSA) is 49.1 Å². The number of nitrogens with one attached hydrogen (secondary N) is 3. The highest BCUT2D eigenvalue weighted by Crippen LogP contribution is 2.43. The van der Waals surface area contributed by atoms with E-state index in [9.17, 15) is 0 Å². The predicted octanol–water partition coefficient (Wildman–Crippen LogP) is 23.3. The van der Waals surface area contributed by atoms with E-state index in [1.807, 2.05) is 0 Å². The zero-order chi connectivity index (χ0) is 74.8. The van der Waals surface area contributed by atoms with Crippen LogP contribution >= 0.6 is 0 Å². The Morgan fingerprint density at radius 2 is 0.389 bits per heavy atom. The second-order valence-corrected chi connectivity index (χ2v) is 47.1. The molecule has 3 N–H and O–H groups in total. The summed E-state index contributed by atoms with van der Waals surface area (Å²) in [5, 5.41) is 11.1. The van der Waals surface area contributed by atoms with Crippen molar-refractivity contribution >= 4 is 0 Å². The Bertz CT molecular complexity index is 1630. The van der Waals surface area contributed by atoms with Crippen molar-refractivity contribution in [1.82, 2.24) is 35.6 Å². The molecule has 0 aromatic carbocycles. The minimum absolute atomic E-state index is 0.361. The van der Waals surface area contributed by atoms with E-state index in [0.717, 1.165) is 41.4 Å². The molecule has 0 amide bonds. The predicted molar refractivity (Wildman–Crippen MR) is 430 cm³/mol. The van der Waals surface area contributed by atoms with Crippen molar-refractivity contribution in [3.63, 3.8) is 0 Å². The summed E-state index contributed by atoms with van der Waals surface area (Å²) in [5.74, 6) is 6.14. The minimum atomic E-state index is 0.361. The Morgan fingerprint density at radius 1 is 0.189 bits per heavy atom. The Morgan fingerprint density at radius 3 is 0.537 bits per heavy atom. The molecule has 0 aliphatic carbocycles. The molecule has 7 aliphatic rings. The summed E-state index contributed by atoms with van der Waals surface area (Å²) < 4.78 is 0. The molecule has 0 aromatic heterocycles. The number of hydrogen-bond acceptors (Lipinski definition) is 7. The lowest BCUT2D eigenvalue weighted by molar-refractivity contribution is 0.0532. The van der Waals surface area contributed by atoms with Crippen molar-refractivity contribution in [2.45, 2.75) is 402 Å². The van der Waals surface area contributed by atoms with Crippen LogP contribution in [0, 0.1) is 95.6 Å². The van der Waals surface area contributed by atoms with Crippen LogP contribution in [0.4, 0.5) is 0 Å². The smallest absolute Gasteiger partial charge is 0.0125 e. The van der Waals surface area contributed by atoms with Crippen molar-refractivity contribution in [2.24, 2.45) is 95.6 Å². The Labute approximate surface area is 601 Å². The molecule has 0 aromatic rings. The third-order valence-electron chi connectivity index (χ3n) is 24.8. The molecule has 0 bridgehead atoms. The summed E-state index contributed by atoms with van der Waals surface area (Å²) in [4.78, 5) is 10.5. The van der Waals surface area contributed by atoms with Crippen molar-refractivity contribution in [3.8, 4) is 0 Å². The molecule has 7 saturated heterocycles. The van der Waals surface area contributed by atoms with Crippen molar-refractivity contribution in [3.05, 3.63) is 0 Å². The van der Waals surface area contributed by atoms with E-state index in [0.29, 0.717) is 94.4 Å². The third-order valence-corrected chi connectivity index (χ3v) is 24.8. The summed E-state index contributed by atoms with van der Waals surface area (Å²) in [6.45, 7) is 112. The highest BCUT2D eigenvalue weighted by atomic mass is 15.2. The zero-order valence-corrected chi connectivity index (χ0v) is 73.6. The Kier molecular flexibility index (Phi) is 34.6. The van der Waals surface area contributed by atoms with Crippen LogP contribution in [0.2, 0.25) is 0 Å². The number of rotatable bonds is 0. The van der Waals surface area contributed by atoms with Crippen molar-refractivity contribution in [2.75, 3.05) is 72.0 Å². The number of piperidine rings is 4.